The van der Waals surface area contributed by atoms with Gasteiger partial charge in [0, 0.05) is 37.7 Å². The second kappa shape index (κ2) is 21.9. The number of fused-ring (bicyclic) bond motifs is 7. The van der Waals surface area contributed by atoms with Gasteiger partial charge < -0.3 is 38.8 Å². The van der Waals surface area contributed by atoms with E-state index in [0.29, 0.717) is 82.3 Å². The van der Waals surface area contributed by atoms with Crippen molar-refractivity contribution in [1.29, 1.82) is 0 Å². The number of carbonyl (C=O) groups excluding carboxylic acids is 2. The van der Waals surface area contributed by atoms with Crippen LogP contribution in [-0.4, -0.2) is 145 Å². The molecule has 0 radical (unpaired) electrons. The summed E-state index contributed by atoms with van der Waals surface area (Å²) in [6.45, 7) is 28.5. The molecule has 390 valence electrons. The normalized spacial score (nSPS) is 36.3. The average Bonchev–Trinajstić information content (AvgIpc) is 3.63. The molecule has 0 unspecified atom stereocenters. The zero-order valence-corrected chi connectivity index (χ0v) is 44.4. The van der Waals surface area contributed by atoms with E-state index in [0.717, 1.165) is 57.8 Å². The zero-order chi connectivity index (χ0) is 49.9. The first-order chi connectivity index (χ1) is 31.8. The molecule has 1 aliphatic heterocycles. The Morgan fingerprint density at radius 2 is 1.44 bits per heavy atom. The van der Waals surface area contributed by atoms with Gasteiger partial charge in [0.1, 0.15) is 18.8 Å². The highest BCUT2D eigenvalue weighted by molar-refractivity contribution is 7.91. The lowest BCUT2D eigenvalue weighted by molar-refractivity contribution is -0.246. The van der Waals surface area contributed by atoms with Gasteiger partial charge in [-0.15, -0.1) is 0 Å². The molecule has 6 fully saturated rings. The van der Waals surface area contributed by atoms with E-state index in [2.05, 4.69) is 58.3 Å². The maximum Gasteiger partial charge on any atom is 0.332 e. The molecule has 6 rings (SSSR count). The standard InChI is InChI=1S/C53H90N2O12S/c1-36(2)38-14-19-53(54-34-40(55-22-30-68(60,61)31-23-55)37(3)66-46(59)35-65-29-28-64-27-26-63-25-24-62-11)21-20-51(9)39(47(38)53)12-13-42-50(8)17-16-43(49(6,7)41(50)15-18-52(42,51)10)67-45(58)33-48(4,5)32-44(56)57/h37-43,47,54H,1,12-35H2,2-11H3,(H,56,57)/t37-,38+,39-,40-,41+,42-,43+,47-,50+,51-,52-,53+/m1/s1. The van der Waals surface area contributed by atoms with Crippen LogP contribution in [0.4, 0.5) is 0 Å². The summed E-state index contributed by atoms with van der Waals surface area (Å²) in [5, 5.41) is 13.7. The Hall–Kier alpha value is -2.14. The van der Waals surface area contributed by atoms with Crippen molar-refractivity contribution >= 4 is 27.7 Å². The summed E-state index contributed by atoms with van der Waals surface area (Å²) in [5.41, 5.74) is 0.557. The number of carboxylic acid groups (broad SMARTS) is 1. The van der Waals surface area contributed by atoms with E-state index in [9.17, 15) is 27.9 Å². The third kappa shape index (κ3) is 11.7. The number of esters is 2. The summed E-state index contributed by atoms with van der Waals surface area (Å²) in [7, 11) is -1.50. The molecule has 6 aliphatic rings. The maximum atomic E-state index is 13.4. The fourth-order valence-electron chi connectivity index (χ4n) is 15.7. The summed E-state index contributed by atoms with van der Waals surface area (Å²) >= 11 is 0. The Morgan fingerprint density at radius 1 is 0.794 bits per heavy atom. The van der Waals surface area contributed by atoms with E-state index in [4.69, 9.17) is 28.4 Å². The molecule has 0 spiro atoms. The van der Waals surface area contributed by atoms with Gasteiger partial charge in [0.2, 0.25) is 0 Å². The lowest BCUT2D eigenvalue weighted by atomic mass is 9.32. The van der Waals surface area contributed by atoms with Gasteiger partial charge in [-0.2, -0.15) is 0 Å². The maximum absolute atomic E-state index is 13.4. The number of nitrogens with zero attached hydrogens (tertiary/aromatic N) is 1. The third-order valence-corrected chi connectivity index (χ3v) is 20.9. The van der Waals surface area contributed by atoms with Crippen molar-refractivity contribution < 1.29 is 56.3 Å². The van der Waals surface area contributed by atoms with E-state index in [1.807, 2.05) is 20.8 Å². The number of allylic oxidation sites excluding steroid dienone is 1. The number of methoxy groups -OCH3 is 1. The molecule has 1 heterocycles. The average molecular weight is 979 g/mol. The minimum Gasteiger partial charge on any atom is -0.481 e. The molecule has 1 saturated heterocycles. The molecule has 14 nitrogen and oxygen atoms in total. The van der Waals surface area contributed by atoms with E-state index >= 15 is 0 Å². The molecule has 0 amide bonds. The first-order valence-corrected chi connectivity index (χ1v) is 27.8. The number of hydrogen-bond donors (Lipinski definition) is 2. The van der Waals surface area contributed by atoms with E-state index < -0.39 is 33.3 Å². The van der Waals surface area contributed by atoms with Crippen LogP contribution in [0.15, 0.2) is 12.2 Å². The van der Waals surface area contributed by atoms with Gasteiger partial charge in [-0.1, -0.05) is 60.6 Å². The van der Waals surface area contributed by atoms with Gasteiger partial charge in [0.15, 0.2) is 9.84 Å². The van der Waals surface area contributed by atoms with Crippen molar-refractivity contribution in [3.8, 4) is 0 Å². The first kappa shape index (κ1) is 55.2. The number of sulfone groups is 1. The predicted molar refractivity (Wildman–Crippen MR) is 262 cm³/mol. The van der Waals surface area contributed by atoms with Crippen LogP contribution < -0.4 is 5.32 Å². The summed E-state index contributed by atoms with van der Waals surface area (Å²) in [6.07, 6.45) is 9.98. The van der Waals surface area contributed by atoms with Crippen LogP contribution in [0.25, 0.3) is 0 Å². The van der Waals surface area contributed by atoms with Gasteiger partial charge in [0.25, 0.3) is 0 Å². The zero-order valence-electron chi connectivity index (χ0n) is 43.6. The van der Waals surface area contributed by atoms with Crippen LogP contribution >= 0.6 is 0 Å². The molecule has 12 atom stereocenters. The lowest BCUT2D eigenvalue weighted by Gasteiger charge is -2.73. The van der Waals surface area contributed by atoms with Crippen molar-refractivity contribution in [2.24, 2.45) is 56.7 Å². The molecule has 5 aliphatic carbocycles. The van der Waals surface area contributed by atoms with E-state index in [1.165, 1.54) is 12.0 Å². The Bertz CT molecular complexity index is 1880. The van der Waals surface area contributed by atoms with Crippen molar-refractivity contribution in [1.82, 2.24) is 10.2 Å². The minimum absolute atomic E-state index is 0.0753. The first-order valence-electron chi connectivity index (χ1n) is 26.0. The van der Waals surface area contributed by atoms with Crippen LogP contribution in [0.2, 0.25) is 0 Å². The third-order valence-electron chi connectivity index (χ3n) is 19.3. The van der Waals surface area contributed by atoms with E-state index in [-0.39, 0.29) is 82.9 Å². The minimum atomic E-state index is -3.13. The molecule has 2 N–H and O–H groups in total. The summed E-state index contributed by atoms with van der Waals surface area (Å²) in [5.74, 6) is 0.734. The summed E-state index contributed by atoms with van der Waals surface area (Å²) in [6, 6.07) is -0.222. The van der Waals surface area contributed by atoms with Gasteiger partial charge in [0.05, 0.1) is 70.0 Å². The fraction of sp³-hybridized carbons (Fsp3) is 0.906. The number of ether oxygens (including phenoxy) is 6. The highest BCUT2D eigenvalue weighted by Crippen LogP contribution is 2.76. The predicted octanol–water partition coefficient (Wildman–Crippen LogP) is 7.52. The van der Waals surface area contributed by atoms with Crippen molar-refractivity contribution in [2.45, 2.75) is 163 Å². The number of aliphatic carboxylic acids is 1. The van der Waals surface area contributed by atoms with Gasteiger partial charge in [-0.25, -0.2) is 13.2 Å². The van der Waals surface area contributed by atoms with Crippen molar-refractivity contribution in [3.05, 3.63) is 12.2 Å². The SMILES string of the molecule is C=C(C)[C@@H]1CC[C@]2(NC[C@H]([C@@H](C)OC(=O)COCCOCCOCCOC)N3CCS(=O)(=O)CC3)CC[C@]3(C)[C@H](CC[C@@H]4[C@@]5(C)CC[C@H](OC(=O)CC(C)(C)CC(=O)O)C(C)(C)[C@@H]5CC[C@]43C)[C@@H]12. The highest BCUT2D eigenvalue weighted by atomic mass is 32.2. The number of rotatable bonds is 23. The Balaban J connectivity index is 1.14. The largest absolute Gasteiger partial charge is 0.481 e. The highest BCUT2D eigenvalue weighted by Gasteiger charge is 2.71. The second-order valence-corrected chi connectivity index (χ2v) is 26.5. The molecule has 0 aromatic carbocycles. The second-order valence-electron chi connectivity index (χ2n) is 24.2. The molecule has 0 bridgehead atoms. The molecule has 68 heavy (non-hydrogen) atoms. The monoisotopic (exact) mass is 979 g/mol. The van der Waals surface area contributed by atoms with Crippen molar-refractivity contribution in [3.63, 3.8) is 0 Å². The van der Waals surface area contributed by atoms with Crippen LogP contribution in [0.3, 0.4) is 0 Å². The van der Waals surface area contributed by atoms with Crippen LogP contribution in [0, 0.1) is 56.7 Å². The summed E-state index contributed by atoms with van der Waals surface area (Å²) < 4.78 is 59.2. The molecular weight excluding hydrogens is 889 g/mol. The Labute approximate surface area is 409 Å². The lowest BCUT2D eigenvalue weighted by Crippen LogP contribution is -2.69. The number of hydrogen-bond acceptors (Lipinski definition) is 13. The molecular formula is C53H90N2O12S. The molecule has 0 aromatic rings. The van der Waals surface area contributed by atoms with Gasteiger partial charge in [-0.05, 0) is 129 Å². The smallest absolute Gasteiger partial charge is 0.332 e. The Morgan fingerprint density at radius 3 is 2.07 bits per heavy atom. The molecule has 15 heteroatoms. The molecule has 5 saturated carbocycles. The Kier molecular flexibility index (Phi) is 17.8. The van der Waals surface area contributed by atoms with Crippen LogP contribution in [0.1, 0.15) is 139 Å². The van der Waals surface area contributed by atoms with Gasteiger partial charge >= 0.3 is 17.9 Å². The van der Waals surface area contributed by atoms with Gasteiger partial charge in [-0.3, -0.25) is 14.5 Å². The number of nitrogens with one attached hydrogen (secondary N) is 1. The van der Waals surface area contributed by atoms with Crippen LogP contribution in [0.5, 0.6) is 0 Å². The van der Waals surface area contributed by atoms with Crippen molar-refractivity contribution in [2.75, 3.05) is 84.5 Å². The fourth-order valence-corrected chi connectivity index (χ4v) is 16.9. The van der Waals surface area contributed by atoms with E-state index in [1.54, 1.807) is 7.11 Å². The summed E-state index contributed by atoms with van der Waals surface area (Å²) in [4.78, 5) is 40.3. The number of carbonyl (C=O) groups is 3. The number of carboxylic acids is 1. The molecule has 0 aromatic heterocycles. The quantitative estimate of drug-likeness (QED) is 0.0584. The van der Waals surface area contributed by atoms with Crippen LogP contribution in [-0.2, 0) is 52.6 Å². The topological polar surface area (TPSA) is 176 Å².